The molecule has 0 aromatic heterocycles. The molecule has 0 spiro atoms. The molecule has 32 heavy (non-hydrogen) atoms. The second-order valence-corrected chi connectivity index (χ2v) is 9.72. The highest BCUT2D eigenvalue weighted by Gasteiger charge is 2.34. The Morgan fingerprint density at radius 3 is 2.47 bits per heavy atom. The third kappa shape index (κ3) is 4.63. The van der Waals surface area contributed by atoms with Crippen molar-refractivity contribution in [1.82, 2.24) is 4.31 Å². The molecule has 1 amide bonds. The molecule has 1 heterocycles. The van der Waals surface area contributed by atoms with Crippen LogP contribution in [-0.2, 0) is 21.0 Å². The molecule has 5 nitrogen and oxygen atoms in total. The third-order valence-electron chi connectivity index (χ3n) is 5.57. The van der Waals surface area contributed by atoms with Crippen LogP contribution in [0.3, 0.4) is 0 Å². The van der Waals surface area contributed by atoms with E-state index >= 15 is 0 Å². The molecule has 4 rings (SSSR count). The van der Waals surface area contributed by atoms with Crippen molar-refractivity contribution in [3.8, 4) is 0 Å². The zero-order valence-corrected chi connectivity index (χ0v) is 17.8. The molecule has 0 saturated carbocycles. The largest absolute Gasteiger partial charge is 0.416 e. The zero-order valence-electron chi connectivity index (χ0n) is 17.0. The summed E-state index contributed by atoms with van der Waals surface area (Å²) in [7, 11) is -3.81. The number of alkyl halides is 3. The molecule has 9 heteroatoms. The summed E-state index contributed by atoms with van der Waals surface area (Å²) in [6.45, 7) is 0.252. The minimum absolute atomic E-state index is 0.0272. The molecule has 3 aromatic carbocycles. The highest BCUT2D eigenvalue weighted by Crippen LogP contribution is 2.31. The van der Waals surface area contributed by atoms with Crippen LogP contribution in [0.15, 0.2) is 71.6 Å². The van der Waals surface area contributed by atoms with E-state index in [-0.39, 0.29) is 23.7 Å². The molecule has 0 bridgehead atoms. The molecule has 0 unspecified atom stereocenters. The van der Waals surface area contributed by atoms with Gasteiger partial charge in [-0.2, -0.15) is 17.5 Å². The van der Waals surface area contributed by atoms with Gasteiger partial charge in [0.25, 0.3) is 0 Å². The molecule has 0 radical (unpaired) electrons. The number of piperidine rings is 1. The average molecular weight is 462 g/mol. The summed E-state index contributed by atoms with van der Waals surface area (Å²) < 4.78 is 66.4. The Morgan fingerprint density at radius 1 is 0.969 bits per heavy atom. The number of halogens is 3. The quantitative estimate of drug-likeness (QED) is 0.600. The molecule has 1 saturated heterocycles. The fraction of sp³-hybridized carbons (Fsp3) is 0.261. The number of carbonyl (C=O) groups is 1. The number of carbonyl (C=O) groups excluding carboxylic acids is 1. The third-order valence-corrected chi connectivity index (χ3v) is 7.43. The van der Waals surface area contributed by atoms with Crippen LogP contribution in [0, 0.1) is 5.92 Å². The van der Waals surface area contributed by atoms with Crippen LogP contribution in [0.25, 0.3) is 10.8 Å². The Balaban J connectivity index is 1.50. The van der Waals surface area contributed by atoms with E-state index in [1.807, 2.05) is 24.3 Å². The van der Waals surface area contributed by atoms with Crippen LogP contribution < -0.4 is 5.32 Å². The van der Waals surface area contributed by atoms with Gasteiger partial charge in [0, 0.05) is 18.8 Å². The van der Waals surface area contributed by atoms with Crippen molar-refractivity contribution in [3.63, 3.8) is 0 Å². The van der Waals surface area contributed by atoms with E-state index in [0.29, 0.717) is 12.8 Å². The van der Waals surface area contributed by atoms with Crippen molar-refractivity contribution < 1.29 is 26.4 Å². The highest BCUT2D eigenvalue weighted by atomic mass is 32.2. The van der Waals surface area contributed by atoms with Crippen molar-refractivity contribution in [2.24, 2.45) is 5.92 Å². The number of fused-ring (bicyclic) bond motifs is 1. The molecule has 3 aromatic rings. The summed E-state index contributed by atoms with van der Waals surface area (Å²) in [4.78, 5) is 12.8. The van der Waals surface area contributed by atoms with Gasteiger partial charge in [0.2, 0.25) is 15.9 Å². The molecular formula is C23H21F3N2O3S. The van der Waals surface area contributed by atoms with Crippen molar-refractivity contribution in [2.45, 2.75) is 23.9 Å². The maximum Gasteiger partial charge on any atom is 0.416 e. The van der Waals surface area contributed by atoms with Crippen LogP contribution >= 0.6 is 0 Å². The molecule has 1 aliphatic heterocycles. The molecule has 1 atom stereocenters. The molecular weight excluding hydrogens is 441 g/mol. The fourth-order valence-corrected chi connectivity index (χ4v) is 5.43. The monoisotopic (exact) mass is 462 g/mol. The predicted octanol–water partition coefficient (Wildman–Crippen LogP) is 4.90. The lowest BCUT2D eigenvalue weighted by Gasteiger charge is -2.31. The van der Waals surface area contributed by atoms with Crippen LogP contribution in [0.4, 0.5) is 18.9 Å². The van der Waals surface area contributed by atoms with Gasteiger partial charge in [-0.05, 0) is 53.9 Å². The summed E-state index contributed by atoms with van der Waals surface area (Å²) in [5, 5.41) is 4.22. The number of nitrogens with zero attached hydrogens (tertiary/aromatic N) is 1. The minimum atomic E-state index is -4.52. The standard InChI is InChI=1S/C23H21F3N2O3S/c24-23(25,26)19-8-3-9-20(14-19)27-22(29)18-7-4-12-28(15-18)32(30,31)21-11-10-16-5-1-2-6-17(16)13-21/h1-3,5-6,8-11,13-14,18H,4,7,12,15H2,(H,27,29)/t18-/m1/s1. The first-order chi connectivity index (χ1) is 15.1. The maximum absolute atomic E-state index is 13.2. The van der Waals surface area contributed by atoms with E-state index in [4.69, 9.17) is 0 Å². The van der Waals surface area contributed by atoms with Crippen molar-refractivity contribution in [2.75, 3.05) is 18.4 Å². The molecule has 0 aliphatic carbocycles. The number of nitrogens with one attached hydrogen (secondary N) is 1. The number of sulfonamides is 1. The number of anilines is 1. The maximum atomic E-state index is 13.2. The van der Waals surface area contributed by atoms with Gasteiger partial charge in [0.15, 0.2) is 0 Å². The second-order valence-electron chi connectivity index (χ2n) is 7.78. The second kappa shape index (κ2) is 8.55. The summed E-state index contributed by atoms with van der Waals surface area (Å²) >= 11 is 0. The van der Waals surface area contributed by atoms with Crippen LogP contribution in [0.1, 0.15) is 18.4 Å². The topological polar surface area (TPSA) is 66.5 Å². The fourth-order valence-electron chi connectivity index (χ4n) is 3.87. The number of benzene rings is 3. The number of hydrogen-bond donors (Lipinski definition) is 1. The Hall–Kier alpha value is -2.91. The van der Waals surface area contributed by atoms with Gasteiger partial charge in [-0.25, -0.2) is 8.42 Å². The summed E-state index contributed by atoms with van der Waals surface area (Å²) in [5.74, 6) is -1.16. The Bertz CT molecular complexity index is 1260. The first-order valence-corrected chi connectivity index (χ1v) is 11.6. The Morgan fingerprint density at radius 2 is 1.72 bits per heavy atom. The number of amides is 1. The summed E-state index contributed by atoms with van der Waals surface area (Å²) in [6.07, 6.45) is -3.58. The van der Waals surface area contributed by atoms with E-state index in [1.54, 1.807) is 18.2 Å². The van der Waals surface area contributed by atoms with E-state index < -0.39 is 33.6 Å². The highest BCUT2D eigenvalue weighted by molar-refractivity contribution is 7.89. The normalized spacial score (nSPS) is 17.9. The zero-order chi connectivity index (χ0) is 22.9. The first kappa shape index (κ1) is 22.3. The van der Waals surface area contributed by atoms with Crippen molar-refractivity contribution >= 4 is 32.4 Å². The molecule has 168 valence electrons. The van der Waals surface area contributed by atoms with Gasteiger partial charge in [-0.1, -0.05) is 36.4 Å². The lowest BCUT2D eigenvalue weighted by atomic mass is 9.98. The van der Waals surface area contributed by atoms with Crippen molar-refractivity contribution in [3.05, 3.63) is 72.3 Å². The van der Waals surface area contributed by atoms with Crippen LogP contribution in [-0.4, -0.2) is 31.7 Å². The smallest absolute Gasteiger partial charge is 0.326 e. The van der Waals surface area contributed by atoms with E-state index in [9.17, 15) is 26.4 Å². The van der Waals surface area contributed by atoms with Gasteiger partial charge in [0.05, 0.1) is 16.4 Å². The molecule has 1 aliphatic rings. The lowest BCUT2D eigenvalue weighted by Crippen LogP contribution is -2.43. The minimum Gasteiger partial charge on any atom is -0.326 e. The van der Waals surface area contributed by atoms with E-state index in [2.05, 4.69) is 5.32 Å². The van der Waals surface area contributed by atoms with Gasteiger partial charge in [-0.3, -0.25) is 4.79 Å². The van der Waals surface area contributed by atoms with Crippen LogP contribution in [0.2, 0.25) is 0 Å². The SMILES string of the molecule is O=C(Nc1cccc(C(F)(F)F)c1)[C@@H]1CCCN(S(=O)(=O)c2ccc3ccccc3c2)C1. The van der Waals surface area contributed by atoms with Gasteiger partial charge < -0.3 is 5.32 Å². The van der Waals surface area contributed by atoms with Gasteiger partial charge in [-0.15, -0.1) is 0 Å². The summed E-state index contributed by atoms with van der Waals surface area (Å²) in [6, 6.07) is 16.7. The first-order valence-electron chi connectivity index (χ1n) is 10.1. The number of hydrogen-bond acceptors (Lipinski definition) is 3. The van der Waals surface area contributed by atoms with Crippen LogP contribution in [0.5, 0.6) is 0 Å². The lowest BCUT2D eigenvalue weighted by molar-refractivity contribution is -0.137. The predicted molar refractivity (Wildman–Crippen MR) is 116 cm³/mol. The summed E-state index contributed by atoms with van der Waals surface area (Å²) in [5.41, 5.74) is -0.834. The van der Waals surface area contributed by atoms with Gasteiger partial charge in [0.1, 0.15) is 0 Å². The van der Waals surface area contributed by atoms with E-state index in [0.717, 1.165) is 22.9 Å². The molecule has 1 fully saturated rings. The average Bonchev–Trinajstić information content (AvgIpc) is 2.78. The number of rotatable bonds is 4. The van der Waals surface area contributed by atoms with Crippen molar-refractivity contribution in [1.29, 1.82) is 0 Å². The van der Waals surface area contributed by atoms with E-state index in [1.165, 1.54) is 16.4 Å². The Labute approximate surface area is 183 Å². The Kier molecular flexibility index (Phi) is 5.96. The van der Waals surface area contributed by atoms with Gasteiger partial charge >= 0.3 is 6.18 Å². The molecule has 1 N–H and O–H groups in total.